The van der Waals surface area contributed by atoms with E-state index in [1.54, 1.807) is 16.7 Å². The lowest BCUT2D eigenvalue weighted by Crippen LogP contribution is -2.10. The fraction of sp³-hybridized carbons (Fsp3) is 0.235. The molecule has 0 spiro atoms. The lowest BCUT2D eigenvalue weighted by Gasteiger charge is -2.09. The first-order chi connectivity index (χ1) is 12.8. The molecule has 0 saturated heterocycles. The number of alkyl halides is 3. The van der Waals surface area contributed by atoms with Gasteiger partial charge in [-0.25, -0.2) is 4.98 Å². The summed E-state index contributed by atoms with van der Waals surface area (Å²) in [4.78, 5) is 15.4. The van der Waals surface area contributed by atoms with Crippen molar-refractivity contribution in [3.63, 3.8) is 0 Å². The number of halogens is 3. The SMILES string of the molecule is CCn1c(CNSc2ccc([N+](=O)[O-])cc2)nc2ccc(C(F)(F)F)cc21. The average Bonchev–Trinajstić information content (AvgIpc) is 2.98. The fourth-order valence-electron chi connectivity index (χ4n) is 2.66. The summed E-state index contributed by atoms with van der Waals surface area (Å²) in [7, 11) is 0. The number of nitro groups is 1. The molecule has 0 aliphatic heterocycles. The van der Waals surface area contributed by atoms with Gasteiger partial charge in [0, 0.05) is 23.6 Å². The van der Waals surface area contributed by atoms with Crippen LogP contribution in [0.4, 0.5) is 18.9 Å². The second-order valence-electron chi connectivity index (χ2n) is 5.65. The Morgan fingerprint density at radius 1 is 1.22 bits per heavy atom. The van der Waals surface area contributed by atoms with Gasteiger partial charge in [0.15, 0.2) is 0 Å². The molecule has 0 aliphatic carbocycles. The number of nitro benzene ring substituents is 1. The third kappa shape index (κ3) is 4.22. The Balaban J connectivity index is 1.75. The van der Waals surface area contributed by atoms with Crippen LogP contribution in [0.1, 0.15) is 18.3 Å². The van der Waals surface area contributed by atoms with Crippen LogP contribution in [-0.4, -0.2) is 14.5 Å². The van der Waals surface area contributed by atoms with Crippen molar-refractivity contribution >= 4 is 28.7 Å². The van der Waals surface area contributed by atoms with Crippen molar-refractivity contribution in [3.8, 4) is 0 Å². The van der Waals surface area contributed by atoms with Crippen molar-refractivity contribution in [2.45, 2.75) is 31.1 Å². The van der Waals surface area contributed by atoms with Crippen LogP contribution in [0.15, 0.2) is 47.4 Å². The summed E-state index contributed by atoms with van der Waals surface area (Å²) < 4.78 is 43.6. The molecule has 0 saturated carbocycles. The molecule has 2 aromatic carbocycles. The van der Waals surface area contributed by atoms with Crippen LogP contribution in [0.5, 0.6) is 0 Å². The molecule has 1 aromatic heterocycles. The zero-order valence-electron chi connectivity index (χ0n) is 14.2. The van der Waals surface area contributed by atoms with Crippen molar-refractivity contribution in [1.82, 2.24) is 14.3 Å². The second-order valence-corrected chi connectivity index (χ2v) is 6.61. The maximum absolute atomic E-state index is 12.9. The van der Waals surface area contributed by atoms with Crippen LogP contribution < -0.4 is 4.72 Å². The molecule has 1 heterocycles. The highest BCUT2D eigenvalue weighted by Gasteiger charge is 2.31. The number of nitrogens with one attached hydrogen (secondary N) is 1. The normalized spacial score (nSPS) is 11.9. The maximum Gasteiger partial charge on any atom is 0.416 e. The molecule has 0 unspecified atom stereocenters. The zero-order chi connectivity index (χ0) is 19.6. The number of fused-ring (bicyclic) bond motifs is 1. The van der Waals surface area contributed by atoms with Crippen LogP contribution >= 0.6 is 11.9 Å². The van der Waals surface area contributed by atoms with Gasteiger partial charge in [-0.1, -0.05) is 0 Å². The van der Waals surface area contributed by atoms with Gasteiger partial charge < -0.3 is 4.57 Å². The molecule has 3 rings (SSSR count). The third-order valence-corrected chi connectivity index (χ3v) is 4.74. The molecule has 0 fully saturated rings. The number of benzene rings is 2. The number of hydrogen-bond acceptors (Lipinski definition) is 5. The zero-order valence-corrected chi connectivity index (χ0v) is 15.0. The van der Waals surface area contributed by atoms with Gasteiger partial charge in [-0.3, -0.25) is 14.8 Å². The van der Waals surface area contributed by atoms with Crippen molar-refractivity contribution in [2.24, 2.45) is 0 Å². The van der Waals surface area contributed by atoms with Gasteiger partial charge in [0.1, 0.15) is 5.82 Å². The number of aromatic nitrogens is 2. The molecule has 1 N–H and O–H groups in total. The van der Waals surface area contributed by atoms with Gasteiger partial charge in [0.05, 0.1) is 28.1 Å². The minimum Gasteiger partial charge on any atom is -0.327 e. The number of hydrogen-bond donors (Lipinski definition) is 1. The number of non-ortho nitro benzene ring substituents is 1. The predicted molar refractivity (Wildman–Crippen MR) is 96.2 cm³/mol. The quantitative estimate of drug-likeness (QED) is 0.369. The highest BCUT2D eigenvalue weighted by molar-refractivity contribution is 7.97. The van der Waals surface area contributed by atoms with Crippen LogP contribution in [0, 0.1) is 10.1 Å². The fourth-order valence-corrected chi connectivity index (χ4v) is 3.30. The Bertz CT molecular complexity index is 971. The van der Waals surface area contributed by atoms with E-state index in [0.717, 1.165) is 17.0 Å². The van der Waals surface area contributed by atoms with E-state index >= 15 is 0 Å². The van der Waals surface area contributed by atoms with E-state index < -0.39 is 16.7 Å². The van der Waals surface area contributed by atoms with Crippen molar-refractivity contribution in [3.05, 3.63) is 64.0 Å². The Morgan fingerprint density at radius 2 is 1.93 bits per heavy atom. The average molecular weight is 396 g/mol. The number of nitrogens with zero attached hydrogens (tertiary/aromatic N) is 3. The third-order valence-electron chi connectivity index (χ3n) is 3.94. The predicted octanol–water partition coefficient (Wildman–Crippen LogP) is 4.78. The van der Waals surface area contributed by atoms with E-state index in [1.165, 1.54) is 30.1 Å². The second kappa shape index (κ2) is 7.57. The standard InChI is InChI=1S/C17H15F3N4O2S/c1-2-23-15-9-11(17(18,19)20)3-8-14(15)22-16(23)10-21-27-13-6-4-12(5-7-13)24(25)26/h3-9,21H,2,10H2,1H3. The Kier molecular flexibility index (Phi) is 5.38. The Morgan fingerprint density at radius 3 is 2.52 bits per heavy atom. The lowest BCUT2D eigenvalue weighted by atomic mass is 10.2. The van der Waals surface area contributed by atoms with Gasteiger partial charge in [0.25, 0.3) is 5.69 Å². The van der Waals surface area contributed by atoms with Gasteiger partial charge in [-0.05, 0) is 49.2 Å². The number of rotatable bonds is 6. The minimum absolute atomic E-state index is 0.00703. The summed E-state index contributed by atoms with van der Waals surface area (Å²) in [6, 6.07) is 9.56. The minimum atomic E-state index is -4.40. The Hall–Kier alpha value is -2.59. The van der Waals surface area contributed by atoms with Crippen LogP contribution in [0.25, 0.3) is 11.0 Å². The molecule has 0 aliphatic rings. The van der Waals surface area contributed by atoms with Crippen LogP contribution in [0.2, 0.25) is 0 Å². The molecule has 0 atom stereocenters. The molecule has 0 amide bonds. The first kappa shape index (κ1) is 19.2. The number of imidazole rings is 1. The Labute approximate surface area is 156 Å². The molecular weight excluding hydrogens is 381 g/mol. The molecule has 6 nitrogen and oxygen atoms in total. The molecule has 0 radical (unpaired) electrons. The summed E-state index contributed by atoms with van der Waals surface area (Å²) in [5.74, 6) is 0.612. The molecular formula is C17H15F3N4O2S. The molecule has 0 bridgehead atoms. The summed E-state index contributed by atoms with van der Waals surface area (Å²) in [6.45, 7) is 2.65. The van der Waals surface area contributed by atoms with E-state index in [4.69, 9.17) is 0 Å². The smallest absolute Gasteiger partial charge is 0.327 e. The van der Waals surface area contributed by atoms with Crippen LogP contribution in [-0.2, 0) is 19.3 Å². The van der Waals surface area contributed by atoms with E-state index in [2.05, 4.69) is 9.71 Å². The topological polar surface area (TPSA) is 73.0 Å². The first-order valence-corrected chi connectivity index (χ1v) is 8.81. The van der Waals surface area contributed by atoms with Gasteiger partial charge >= 0.3 is 6.18 Å². The molecule has 142 valence electrons. The monoisotopic (exact) mass is 396 g/mol. The van der Waals surface area contributed by atoms with E-state index in [0.29, 0.717) is 29.9 Å². The highest BCUT2D eigenvalue weighted by Crippen LogP contribution is 2.31. The van der Waals surface area contributed by atoms with Gasteiger partial charge in [-0.2, -0.15) is 13.2 Å². The van der Waals surface area contributed by atoms with Gasteiger partial charge in [0.2, 0.25) is 0 Å². The summed E-state index contributed by atoms with van der Waals surface area (Å²) in [5, 5.41) is 10.7. The van der Waals surface area contributed by atoms with Crippen molar-refractivity contribution in [2.75, 3.05) is 0 Å². The molecule has 27 heavy (non-hydrogen) atoms. The van der Waals surface area contributed by atoms with E-state index in [1.807, 2.05) is 6.92 Å². The summed E-state index contributed by atoms with van der Waals surface area (Å²) in [5.41, 5.74) is 0.239. The lowest BCUT2D eigenvalue weighted by molar-refractivity contribution is -0.384. The number of aryl methyl sites for hydroxylation is 1. The summed E-state index contributed by atoms with van der Waals surface area (Å²) >= 11 is 1.27. The van der Waals surface area contributed by atoms with Crippen LogP contribution in [0.3, 0.4) is 0 Å². The van der Waals surface area contributed by atoms with Crippen molar-refractivity contribution < 1.29 is 18.1 Å². The molecule has 10 heteroatoms. The highest BCUT2D eigenvalue weighted by atomic mass is 32.2. The van der Waals surface area contributed by atoms with Crippen molar-refractivity contribution in [1.29, 1.82) is 0 Å². The van der Waals surface area contributed by atoms with E-state index in [9.17, 15) is 23.3 Å². The van der Waals surface area contributed by atoms with E-state index in [-0.39, 0.29) is 5.69 Å². The maximum atomic E-state index is 12.9. The largest absolute Gasteiger partial charge is 0.416 e. The first-order valence-electron chi connectivity index (χ1n) is 8.00. The molecule has 3 aromatic rings. The summed E-state index contributed by atoms with van der Waals surface area (Å²) in [6.07, 6.45) is -4.40. The van der Waals surface area contributed by atoms with Gasteiger partial charge in [-0.15, -0.1) is 0 Å².